The number of hydrogen-bond donors (Lipinski definition) is 0. The monoisotopic (exact) mass is 462 g/mol. The molecular formula is C24H34N2O7. The van der Waals surface area contributed by atoms with E-state index in [1.807, 2.05) is 0 Å². The molecule has 1 heterocycles. The largest absolute Gasteiger partial charge is 0.497 e. The summed E-state index contributed by atoms with van der Waals surface area (Å²) < 4.78 is 22.9. The first-order valence-electron chi connectivity index (χ1n) is 10.6. The molecular weight excluding hydrogens is 428 g/mol. The average Bonchev–Trinajstić information content (AvgIpc) is 2.94. The van der Waals surface area contributed by atoms with E-state index in [2.05, 4.69) is 0 Å². The summed E-state index contributed by atoms with van der Waals surface area (Å²) in [4.78, 5) is 40.2. The molecule has 0 aliphatic rings. The van der Waals surface area contributed by atoms with Gasteiger partial charge in [-0.3, -0.25) is 0 Å². The molecule has 1 aromatic carbocycles. The van der Waals surface area contributed by atoms with Crippen LogP contribution in [0, 0.1) is 0 Å². The minimum absolute atomic E-state index is 0.0731. The van der Waals surface area contributed by atoms with E-state index >= 15 is 0 Å². The van der Waals surface area contributed by atoms with Gasteiger partial charge in [0.05, 0.1) is 12.6 Å². The molecule has 0 atom stereocenters. The van der Waals surface area contributed by atoms with Crippen molar-refractivity contribution in [2.75, 3.05) is 12.0 Å². The molecule has 0 bridgehead atoms. The zero-order chi connectivity index (χ0) is 25.4. The number of imide groups is 1. The Labute approximate surface area is 194 Å². The van der Waals surface area contributed by atoms with E-state index in [0.717, 1.165) is 4.57 Å². The second-order valence-electron chi connectivity index (χ2n) is 10.5. The Morgan fingerprint density at radius 1 is 0.758 bits per heavy atom. The Morgan fingerprint density at radius 3 is 1.67 bits per heavy atom. The Kier molecular flexibility index (Phi) is 7.06. The zero-order valence-electron chi connectivity index (χ0n) is 21.1. The second kappa shape index (κ2) is 8.96. The highest BCUT2D eigenvalue weighted by molar-refractivity contribution is 6.12. The highest BCUT2D eigenvalue weighted by Gasteiger charge is 2.37. The second-order valence-corrected chi connectivity index (χ2v) is 10.5. The molecule has 182 valence electrons. The molecule has 2 aromatic rings. The molecule has 0 aliphatic heterocycles. The molecule has 0 radical (unpaired) electrons. The maximum Gasteiger partial charge on any atom is 0.425 e. The van der Waals surface area contributed by atoms with Gasteiger partial charge in [0.1, 0.15) is 28.4 Å². The number of benzene rings is 1. The highest BCUT2D eigenvalue weighted by Crippen LogP contribution is 2.32. The molecule has 9 nitrogen and oxygen atoms in total. The van der Waals surface area contributed by atoms with Crippen molar-refractivity contribution in [1.29, 1.82) is 0 Å². The van der Waals surface area contributed by atoms with Gasteiger partial charge in [-0.2, -0.15) is 4.90 Å². The van der Waals surface area contributed by atoms with Crippen LogP contribution >= 0.6 is 0 Å². The summed E-state index contributed by atoms with van der Waals surface area (Å²) in [5.74, 6) is 0.465. The van der Waals surface area contributed by atoms with Gasteiger partial charge in [-0.25, -0.2) is 19.0 Å². The van der Waals surface area contributed by atoms with Crippen molar-refractivity contribution in [2.24, 2.45) is 0 Å². The third-order valence-corrected chi connectivity index (χ3v) is 3.95. The van der Waals surface area contributed by atoms with Crippen LogP contribution in [0.25, 0.3) is 10.9 Å². The molecule has 0 spiro atoms. The lowest BCUT2D eigenvalue weighted by atomic mass is 10.2. The van der Waals surface area contributed by atoms with Crippen LogP contribution in [-0.2, 0) is 14.2 Å². The molecule has 2 rings (SSSR count). The Bertz CT molecular complexity index is 1020. The number of amides is 2. The summed E-state index contributed by atoms with van der Waals surface area (Å²) in [6, 6.07) is 6.50. The topological polar surface area (TPSA) is 96.3 Å². The van der Waals surface area contributed by atoms with Gasteiger partial charge in [-0.05, 0) is 86.6 Å². The predicted octanol–water partition coefficient (Wildman–Crippen LogP) is 6.11. The SMILES string of the molecule is COc1ccc2c(c1)cc(N(C(=O)OC(C)(C)C)C(=O)OC(C)(C)C)n2C(=O)OC(C)(C)C. The van der Waals surface area contributed by atoms with Crippen LogP contribution in [-0.4, -0.2) is 46.8 Å². The van der Waals surface area contributed by atoms with Crippen molar-refractivity contribution >= 4 is 35.0 Å². The molecule has 1 aromatic heterocycles. The van der Waals surface area contributed by atoms with Crippen LogP contribution in [0.5, 0.6) is 5.75 Å². The summed E-state index contributed by atoms with van der Waals surface area (Å²) in [6.45, 7) is 15.2. The number of methoxy groups -OCH3 is 1. The molecule has 9 heteroatoms. The van der Waals surface area contributed by atoms with Gasteiger partial charge in [-0.1, -0.05) is 0 Å². The van der Waals surface area contributed by atoms with E-state index < -0.39 is 35.1 Å². The van der Waals surface area contributed by atoms with E-state index in [1.54, 1.807) is 80.5 Å². The third kappa shape index (κ3) is 6.87. The van der Waals surface area contributed by atoms with Crippen molar-refractivity contribution in [3.05, 3.63) is 24.3 Å². The van der Waals surface area contributed by atoms with Gasteiger partial charge in [-0.15, -0.1) is 0 Å². The maximum atomic E-state index is 13.2. The van der Waals surface area contributed by atoms with E-state index in [-0.39, 0.29) is 5.82 Å². The quantitative estimate of drug-likeness (QED) is 0.497. The fourth-order valence-corrected chi connectivity index (χ4v) is 2.85. The van der Waals surface area contributed by atoms with Gasteiger partial charge in [0.25, 0.3) is 0 Å². The zero-order valence-corrected chi connectivity index (χ0v) is 21.1. The number of aromatic nitrogens is 1. The van der Waals surface area contributed by atoms with Gasteiger partial charge in [0.2, 0.25) is 0 Å². The van der Waals surface area contributed by atoms with Crippen LogP contribution in [0.15, 0.2) is 24.3 Å². The number of carbonyl (C=O) groups excluding carboxylic acids is 3. The molecule has 0 unspecified atom stereocenters. The Morgan fingerprint density at radius 2 is 1.24 bits per heavy atom. The van der Waals surface area contributed by atoms with Gasteiger partial charge in [0, 0.05) is 5.39 Å². The van der Waals surface area contributed by atoms with Crippen molar-refractivity contribution in [1.82, 2.24) is 4.57 Å². The number of anilines is 1. The smallest absolute Gasteiger partial charge is 0.425 e. The van der Waals surface area contributed by atoms with E-state index in [1.165, 1.54) is 13.2 Å². The number of fused-ring (bicyclic) bond motifs is 1. The minimum Gasteiger partial charge on any atom is -0.497 e. The van der Waals surface area contributed by atoms with Crippen LogP contribution in [0.2, 0.25) is 0 Å². The first-order valence-corrected chi connectivity index (χ1v) is 10.6. The number of rotatable bonds is 2. The fraction of sp³-hybridized carbons (Fsp3) is 0.542. The number of ether oxygens (including phenoxy) is 4. The van der Waals surface area contributed by atoms with E-state index in [9.17, 15) is 14.4 Å². The molecule has 0 saturated carbocycles. The lowest BCUT2D eigenvalue weighted by molar-refractivity contribution is 0.0426. The molecule has 0 N–H and O–H groups in total. The first-order chi connectivity index (χ1) is 14.9. The van der Waals surface area contributed by atoms with Crippen LogP contribution in [0.1, 0.15) is 62.3 Å². The standard InChI is InChI=1S/C24H34N2O7/c1-22(2,3)31-19(27)25-17-12-11-16(30-10)13-15(17)14-18(25)26(20(28)32-23(4,5)6)21(29)33-24(7,8)9/h11-14H,1-10H3. The Balaban J connectivity index is 2.77. The average molecular weight is 463 g/mol. The summed E-state index contributed by atoms with van der Waals surface area (Å²) in [5.41, 5.74) is -2.20. The molecule has 0 saturated heterocycles. The van der Waals surface area contributed by atoms with Crippen molar-refractivity contribution in [3.8, 4) is 5.75 Å². The first kappa shape index (κ1) is 26.0. The van der Waals surface area contributed by atoms with Crippen molar-refractivity contribution in [3.63, 3.8) is 0 Å². The minimum atomic E-state index is -0.990. The number of carbonyl (C=O) groups is 3. The van der Waals surface area contributed by atoms with E-state index in [0.29, 0.717) is 21.6 Å². The molecule has 2 amide bonds. The van der Waals surface area contributed by atoms with Crippen LogP contribution < -0.4 is 9.64 Å². The fourth-order valence-electron chi connectivity index (χ4n) is 2.85. The van der Waals surface area contributed by atoms with Crippen LogP contribution in [0.3, 0.4) is 0 Å². The lowest BCUT2D eigenvalue weighted by Gasteiger charge is -2.29. The predicted molar refractivity (Wildman–Crippen MR) is 125 cm³/mol. The van der Waals surface area contributed by atoms with Crippen LogP contribution in [0.4, 0.5) is 20.2 Å². The molecule has 33 heavy (non-hydrogen) atoms. The van der Waals surface area contributed by atoms with Gasteiger partial charge < -0.3 is 18.9 Å². The van der Waals surface area contributed by atoms with Crippen molar-refractivity contribution < 1.29 is 33.3 Å². The number of nitrogens with zero attached hydrogens (tertiary/aromatic N) is 2. The third-order valence-electron chi connectivity index (χ3n) is 3.95. The van der Waals surface area contributed by atoms with Gasteiger partial charge in [0.15, 0.2) is 0 Å². The molecule has 0 fully saturated rings. The number of hydrogen-bond acceptors (Lipinski definition) is 7. The lowest BCUT2D eigenvalue weighted by Crippen LogP contribution is -2.45. The molecule has 0 aliphatic carbocycles. The Hall–Kier alpha value is -3.23. The summed E-state index contributed by atoms with van der Waals surface area (Å²) in [6.07, 6.45) is -2.75. The summed E-state index contributed by atoms with van der Waals surface area (Å²) >= 11 is 0. The summed E-state index contributed by atoms with van der Waals surface area (Å²) in [7, 11) is 1.51. The normalized spacial score (nSPS) is 12.3. The highest BCUT2D eigenvalue weighted by atomic mass is 16.6. The maximum absolute atomic E-state index is 13.2. The van der Waals surface area contributed by atoms with Gasteiger partial charge >= 0.3 is 18.3 Å². The van der Waals surface area contributed by atoms with Crippen molar-refractivity contribution in [2.45, 2.75) is 79.1 Å². The van der Waals surface area contributed by atoms with E-state index in [4.69, 9.17) is 18.9 Å². The summed E-state index contributed by atoms with van der Waals surface area (Å²) in [5, 5.41) is 0.548.